The summed E-state index contributed by atoms with van der Waals surface area (Å²) >= 11 is 0. The number of esters is 1. The summed E-state index contributed by atoms with van der Waals surface area (Å²) < 4.78 is 5.10. The Kier molecular flexibility index (Phi) is 1.34. The molecule has 3 atom stereocenters. The average Bonchev–Trinajstić information content (AvgIpc) is 2.17. The molecule has 1 saturated heterocycles. The fourth-order valence-corrected chi connectivity index (χ4v) is 1.56. The molecule has 1 aliphatic heterocycles. The van der Waals surface area contributed by atoms with Gasteiger partial charge in [0.2, 0.25) is 0 Å². The van der Waals surface area contributed by atoms with Crippen LogP contribution >= 0.6 is 0 Å². The van der Waals surface area contributed by atoms with Crippen LogP contribution in [0.2, 0.25) is 0 Å². The smallest absolute Gasteiger partial charge is 0.313 e. The molecule has 2 heteroatoms. The lowest BCUT2D eigenvalue weighted by Gasteiger charge is -2.07. The highest BCUT2D eigenvalue weighted by molar-refractivity contribution is 5.78. The first-order chi connectivity index (χ1) is 5.29. The molecule has 2 rings (SSSR count). The maximum Gasteiger partial charge on any atom is 0.313 e. The Morgan fingerprint density at radius 1 is 1.36 bits per heavy atom. The van der Waals surface area contributed by atoms with Crippen molar-refractivity contribution >= 4 is 5.97 Å². The van der Waals surface area contributed by atoms with E-state index in [9.17, 15) is 4.79 Å². The third-order valence-electron chi connectivity index (χ3n) is 2.34. The van der Waals surface area contributed by atoms with Crippen LogP contribution in [-0.2, 0) is 9.53 Å². The normalized spacial score (nSPS) is 40.5. The average molecular weight is 150 g/mol. The van der Waals surface area contributed by atoms with Crippen molar-refractivity contribution in [3.05, 3.63) is 24.3 Å². The molecule has 1 heterocycles. The largest absolute Gasteiger partial charge is 0.457 e. The maximum absolute atomic E-state index is 11.1. The van der Waals surface area contributed by atoms with E-state index in [0.717, 1.165) is 0 Å². The van der Waals surface area contributed by atoms with Gasteiger partial charge in [0.05, 0.1) is 5.92 Å². The van der Waals surface area contributed by atoms with Crippen LogP contribution in [0.5, 0.6) is 0 Å². The van der Waals surface area contributed by atoms with Gasteiger partial charge >= 0.3 is 5.97 Å². The highest BCUT2D eigenvalue weighted by atomic mass is 16.6. The first kappa shape index (κ1) is 6.65. The Morgan fingerprint density at radius 2 is 2.09 bits per heavy atom. The molecule has 0 spiro atoms. The van der Waals surface area contributed by atoms with Gasteiger partial charge in [0.25, 0.3) is 0 Å². The Labute approximate surface area is 65.5 Å². The molecule has 2 bridgehead atoms. The summed E-state index contributed by atoms with van der Waals surface area (Å²) in [6.07, 6.45) is 7.71. The zero-order chi connectivity index (χ0) is 7.84. The minimum Gasteiger partial charge on any atom is -0.457 e. The molecule has 0 radical (unpaired) electrons. The van der Waals surface area contributed by atoms with Crippen molar-refractivity contribution in [2.75, 3.05) is 0 Å². The fraction of sp³-hybridized carbons (Fsp3) is 0.444. The maximum atomic E-state index is 11.1. The summed E-state index contributed by atoms with van der Waals surface area (Å²) in [6.45, 7) is 2.04. The number of hydrogen-bond donors (Lipinski definition) is 0. The van der Waals surface area contributed by atoms with E-state index in [1.165, 1.54) is 0 Å². The third-order valence-corrected chi connectivity index (χ3v) is 2.34. The van der Waals surface area contributed by atoms with Crippen molar-refractivity contribution in [2.24, 2.45) is 11.8 Å². The molecule has 2 nitrogen and oxygen atoms in total. The van der Waals surface area contributed by atoms with Crippen molar-refractivity contribution < 1.29 is 9.53 Å². The van der Waals surface area contributed by atoms with E-state index < -0.39 is 0 Å². The third kappa shape index (κ3) is 0.897. The lowest BCUT2D eigenvalue weighted by molar-refractivity contribution is -0.142. The summed E-state index contributed by atoms with van der Waals surface area (Å²) in [5.41, 5.74) is 0. The van der Waals surface area contributed by atoms with Crippen LogP contribution in [0.15, 0.2) is 24.3 Å². The van der Waals surface area contributed by atoms with Gasteiger partial charge in [0, 0.05) is 5.92 Å². The zero-order valence-corrected chi connectivity index (χ0v) is 6.36. The minimum absolute atomic E-state index is 0.00231. The second-order valence-corrected chi connectivity index (χ2v) is 3.06. The van der Waals surface area contributed by atoms with Crippen LogP contribution < -0.4 is 0 Å². The topological polar surface area (TPSA) is 26.3 Å². The number of rotatable bonds is 0. The molecule has 0 aromatic carbocycles. The predicted molar refractivity (Wildman–Crippen MR) is 40.8 cm³/mol. The lowest BCUT2D eigenvalue weighted by atomic mass is 9.93. The number of carbonyl (C=O) groups excluding carboxylic acids is 1. The fourth-order valence-electron chi connectivity index (χ4n) is 1.56. The van der Waals surface area contributed by atoms with E-state index >= 15 is 0 Å². The van der Waals surface area contributed by atoms with E-state index in [0.29, 0.717) is 5.92 Å². The molecular formula is C9H10O2. The van der Waals surface area contributed by atoms with Gasteiger partial charge in [-0.1, -0.05) is 25.2 Å². The Balaban J connectivity index is 2.35. The predicted octanol–water partition coefficient (Wildman–Crippen LogP) is 1.29. The monoisotopic (exact) mass is 150 g/mol. The number of allylic oxidation sites excluding steroid dienone is 2. The van der Waals surface area contributed by atoms with E-state index in [4.69, 9.17) is 4.74 Å². The zero-order valence-electron chi connectivity index (χ0n) is 6.36. The van der Waals surface area contributed by atoms with Crippen LogP contribution in [0, 0.1) is 11.8 Å². The van der Waals surface area contributed by atoms with Crippen LogP contribution in [-0.4, -0.2) is 12.1 Å². The van der Waals surface area contributed by atoms with E-state index in [-0.39, 0.29) is 18.0 Å². The van der Waals surface area contributed by atoms with Crippen molar-refractivity contribution in [1.82, 2.24) is 0 Å². The Bertz CT molecular complexity index is 240. The van der Waals surface area contributed by atoms with Crippen LogP contribution in [0.1, 0.15) is 6.92 Å². The first-order valence-electron chi connectivity index (χ1n) is 3.84. The van der Waals surface area contributed by atoms with Crippen molar-refractivity contribution in [2.45, 2.75) is 13.0 Å². The number of ether oxygens (including phenoxy) is 1. The van der Waals surface area contributed by atoms with Gasteiger partial charge in [-0.25, -0.2) is 0 Å². The van der Waals surface area contributed by atoms with Crippen molar-refractivity contribution in [1.29, 1.82) is 0 Å². The highest BCUT2D eigenvalue weighted by Crippen LogP contribution is 2.31. The van der Waals surface area contributed by atoms with Crippen LogP contribution in [0.25, 0.3) is 0 Å². The molecule has 0 N–H and O–H groups in total. The van der Waals surface area contributed by atoms with E-state index in [1.54, 1.807) is 0 Å². The number of fused-ring (bicyclic) bond motifs is 2. The summed E-state index contributed by atoms with van der Waals surface area (Å²) in [4.78, 5) is 11.1. The van der Waals surface area contributed by atoms with E-state index in [2.05, 4.69) is 0 Å². The molecule has 1 aliphatic carbocycles. The standard InChI is InChI=1S/C9H10O2/c1-6-7-4-2-3-5-8(6)11-9(7)10/h2-8H,1H3. The molecule has 1 fully saturated rings. The van der Waals surface area contributed by atoms with E-state index in [1.807, 2.05) is 31.2 Å². The summed E-state index contributed by atoms with van der Waals surface area (Å²) in [6, 6.07) is 0. The second-order valence-electron chi connectivity index (χ2n) is 3.06. The molecule has 3 unspecified atom stereocenters. The van der Waals surface area contributed by atoms with Gasteiger partial charge < -0.3 is 4.74 Å². The van der Waals surface area contributed by atoms with Gasteiger partial charge in [-0.2, -0.15) is 0 Å². The number of carbonyl (C=O) groups is 1. The molecule has 2 aliphatic rings. The molecule has 58 valence electrons. The quantitative estimate of drug-likeness (QED) is 0.486. The molecule has 0 amide bonds. The first-order valence-corrected chi connectivity index (χ1v) is 3.84. The molecule has 0 aromatic rings. The Hall–Kier alpha value is -1.05. The molecule has 11 heavy (non-hydrogen) atoms. The second kappa shape index (κ2) is 2.22. The van der Waals surface area contributed by atoms with Crippen LogP contribution in [0.3, 0.4) is 0 Å². The molecule has 0 aromatic heterocycles. The Morgan fingerprint density at radius 3 is 2.91 bits per heavy atom. The van der Waals surface area contributed by atoms with Gasteiger partial charge in [-0.15, -0.1) is 0 Å². The van der Waals surface area contributed by atoms with Gasteiger partial charge in [-0.3, -0.25) is 4.79 Å². The summed E-state index contributed by atoms with van der Waals surface area (Å²) in [5, 5.41) is 0. The van der Waals surface area contributed by atoms with Gasteiger partial charge in [-0.05, 0) is 6.08 Å². The summed E-state index contributed by atoms with van der Waals surface area (Å²) in [7, 11) is 0. The lowest BCUT2D eigenvalue weighted by Crippen LogP contribution is -2.12. The molecule has 0 saturated carbocycles. The van der Waals surface area contributed by atoms with Crippen molar-refractivity contribution in [3.63, 3.8) is 0 Å². The van der Waals surface area contributed by atoms with Gasteiger partial charge in [0.1, 0.15) is 6.10 Å². The van der Waals surface area contributed by atoms with Crippen molar-refractivity contribution in [3.8, 4) is 0 Å². The number of hydrogen-bond acceptors (Lipinski definition) is 2. The molecular weight excluding hydrogens is 140 g/mol. The highest BCUT2D eigenvalue weighted by Gasteiger charge is 2.39. The minimum atomic E-state index is -0.0805. The SMILES string of the molecule is CC1C2C=CC=CC1C(=O)O2. The van der Waals surface area contributed by atoms with Crippen LogP contribution in [0.4, 0.5) is 0 Å². The van der Waals surface area contributed by atoms with Gasteiger partial charge in [0.15, 0.2) is 0 Å². The summed E-state index contributed by atoms with van der Waals surface area (Å²) in [5.74, 6) is 0.204.